The lowest BCUT2D eigenvalue weighted by Crippen LogP contribution is -2.17. The molecule has 0 amide bonds. The van der Waals surface area contributed by atoms with Crippen LogP contribution in [-0.2, 0) is 4.74 Å². The number of thiophene rings is 1. The molecule has 1 atom stereocenters. The van der Waals surface area contributed by atoms with Crippen molar-refractivity contribution in [2.24, 2.45) is 0 Å². The first-order valence-electron chi connectivity index (χ1n) is 8.40. The van der Waals surface area contributed by atoms with Crippen molar-refractivity contribution in [3.8, 4) is 11.3 Å². The van der Waals surface area contributed by atoms with E-state index in [1.807, 2.05) is 5.38 Å². The van der Waals surface area contributed by atoms with Crippen LogP contribution >= 0.6 is 22.9 Å². The molecular formula is C18H16N4O4S2. The van der Waals surface area contributed by atoms with E-state index in [1.54, 1.807) is 39.3 Å². The fourth-order valence-corrected chi connectivity index (χ4v) is 4.50. The number of furan rings is 1. The molecule has 144 valence electrons. The molecule has 0 spiro atoms. The Morgan fingerprint density at radius 2 is 2.25 bits per heavy atom. The molecule has 0 fully saturated rings. The van der Waals surface area contributed by atoms with Gasteiger partial charge in [-0.2, -0.15) is 4.37 Å². The van der Waals surface area contributed by atoms with E-state index in [-0.39, 0.29) is 11.4 Å². The normalized spacial score (nSPS) is 12.2. The van der Waals surface area contributed by atoms with Gasteiger partial charge in [0.1, 0.15) is 21.2 Å². The van der Waals surface area contributed by atoms with E-state index in [0.717, 1.165) is 0 Å². The Morgan fingerprint density at radius 3 is 2.96 bits per heavy atom. The molecule has 0 bridgehead atoms. The number of ether oxygens (including phenoxy) is 1. The lowest BCUT2D eigenvalue weighted by Gasteiger charge is -2.13. The second-order valence-electron chi connectivity index (χ2n) is 6.03. The number of aryl methyl sites for hydroxylation is 1. The molecule has 28 heavy (non-hydrogen) atoms. The second-order valence-corrected chi connectivity index (χ2v) is 7.66. The fourth-order valence-electron chi connectivity index (χ4n) is 2.83. The van der Waals surface area contributed by atoms with Crippen LogP contribution < -0.4 is 10.9 Å². The average Bonchev–Trinajstić information content (AvgIpc) is 3.40. The van der Waals surface area contributed by atoms with Crippen LogP contribution in [0.2, 0.25) is 0 Å². The van der Waals surface area contributed by atoms with Gasteiger partial charge in [0.2, 0.25) is 0 Å². The zero-order valence-corrected chi connectivity index (χ0v) is 16.9. The quantitative estimate of drug-likeness (QED) is 0.474. The smallest absolute Gasteiger partial charge is 0.343 e. The first kappa shape index (κ1) is 18.4. The molecule has 4 aromatic rings. The largest absolute Gasteiger partial charge is 0.464 e. The molecule has 0 saturated heterocycles. The number of aromatic amines is 1. The number of hydrogen-bond donors (Lipinski definition) is 2. The van der Waals surface area contributed by atoms with Crippen LogP contribution in [0.3, 0.4) is 0 Å². The number of esters is 1. The highest BCUT2D eigenvalue weighted by molar-refractivity contribution is 7.17. The lowest BCUT2D eigenvalue weighted by atomic mass is 10.2. The number of fused-ring (bicyclic) bond motifs is 1. The van der Waals surface area contributed by atoms with E-state index < -0.39 is 12.1 Å². The molecule has 0 aliphatic carbocycles. The minimum Gasteiger partial charge on any atom is -0.464 e. The number of hydrogen-bond acceptors (Lipinski definition) is 9. The Labute approximate surface area is 167 Å². The Kier molecular flexibility index (Phi) is 4.73. The number of carbonyl (C=O) groups is 1. The van der Waals surface area contributed by atoms with Crippen LogP contribution in [0.4, 0.5) is 5.00 Å². The minimum absolute atomic E-state index is 0.283. The van der Waals surface area contributed by atoms with Gasteiger partial charge in [-0.15, -0.1) is 11.3 Å². The van der Waals surface area contributed by atoms with Crippen LogP contribution in [0.25, 0.3) is 21.5 Å². The Bertz CT molecular complexity index is 1210. The molecule has 0 aliphatic rings. The van der Waals surface area contributed by atoms with Gasteiger partial charge >= 0.3 is 5.97 Å². The van der Waals surface area contributed by atoms with Gasteiger partial charge in [0.25, 0.3) is 5.56 Å². The average molecular weight is 416 g/mol. The van der Waals surface area contributed by atoms with Crippen molar-refractivity contribution in [3.63, 3.8) is 0 Å². The molecule has 2 N–H and O–H groups in total. The fraction of sp³-hybridized carbons (Fsp3) is 0.222. The monoisotopic (exact) mass is 416 g/mol. The summed E-state index contributed by atoms with van der Waals surface area (Å²) in [5.41, 5.74) is 1.36. The first-order chi connectivity index (χ1) is 13.5. The summed E-state index contributed by atoms with van der Waals surface area (Å²) in [4.78, 5) is 33.0. The molecule has 0 unspecified atom stereocenters. The SMILES string of the molecule is CNc1snc(C)c1C(=O)O[C@@H](C)c1nc2scc(-c3ccco3)c2c(=O)[nH]1. The number of rotatable bonds is 5. The van der Waals surface area contributed by atoms with Gasteiger partial charge in [-0.25, -0.2) is 9.78 Å². The maximum absolute atomic E-state index is 12.7. The van der Waals surface area contributed by atoms with E-state index in [4.69, 9.17) is 9.15 Å². The van der Waals surface area contributed by atoms with Gasteiger partial charge < -0.3 is 19.5 Å². The number of nitrogens with one attached hydrogen (secondary N) is 2. The van der Waals surface area contributed by atoms with E-state index in [0.29, 0.717) is 37.8 Å². The van der Waals surface area contributed by atoms with E-state index in [2.05, 4.69) is 19.7 Å². The van der Waals surface area contributed by atoms with Crippen molar-refractivity contribution in [3.05, 3.63) is 51.2 Å². The van der Waals surface area contributed by atoms with E-state index in [9.17, 15) is 9.59 Å². The summed E-state index contributed by atoms with van der Waals surface area (Å²) in [6.07, 6.45) is 0.819. The Hall–Kier alpha value is -2.98. The van der Waals surface area contributed by atoms with Crippen molar-refractivity contribution in [2.45, 2.75) is 20.0 Å². The molecule has 0 radical (unpaired) electrons. The van der Waals surface area contributed by atoms with Crippen LogP contribution in [0, 0.1) is 6.92 Å². The number of aromatic nitrogens is 3. The second kappa shape index (κ2) is 7.21. The molecule has 0 saturated carbocycles. The van der Waals surface area contributed by atoms with Crippen LogP contribution in [0.15, 0.2) is 33.0 Å². The van der Waals surface area contributed by atoms with Crippen molar-refractivity contribution >= 4 is 44.1 Å². The highest BCUT2D eigenvalue weighted by Crippen LogP contribution is 2.32. The number of nitrogens with zero attached hydrogens (tertiary/aromatic N) is 2. The maximum atomic E-state index is 12.7. The third-order valence-corrected chi connectivity index (χ3v) is 6.04. The number of anilines is 1. The summed E-state index contributed by atoms with van der Waals surface area (Å²) >= 11 is 2.52. The third-order valence-electron chi connectivity index (χ3n) is 4.21. The summed E-state index contributed by atoms with van der Waals surface area (Å²) in [6, 6.07) is 3.55. The molecule has 0 aliphatic heterocycles. The lowest BCUT2D eigenvalue weighted by molar-refractivity contribution is 0.0320. The van der Waals surface area contributed by atoms with Gasteiger partial charge in [-0.1, -0.05) is 0 Å². The maximum Gasteiger partial charge on any atom is 0.343 e. The Balaban J connectivity index is 1.65. The molecule has 8 nitrogen and oxygen atoms in total. The van der Waals surface area contributed by atoms with Crippen molar-refractivity contribution in [1.29, 1.82) is 0 Å². The summed E-state index contributed by atoms with van der Waals surface area (Å²) < 4.78 is 15.1. The molecule has 4 rings (SSSR count). The van der Waals surface area contributed by atoms with Gasteiger partial charge in [-0.05, 0) is 37.5 Å². The van der Waals surface area contributed by atoms with Crippen LogP contribution in [0.5, 0.6) is 0 Å². The summed E-state index contributed by atoms with van der Waals surface area (Å²) in [7, 11) is 1.72. The van der Waals surface area contributed by atoms with Crippen molar-refractivity contribution < 1.29 is 13.9 Å². The zero-order valence-electron chi connectivity index (χ0n) is 15.2. The van der Waals surface area contributed by atoms with Crippen LogP contribution in [-0.4, -0.2) is 27.4 Å². The van der Waals surface area contributed by atoms with E-state index >= 15 is 0 Å². The first-order valence-corrected chi connectivity index (χ1v) is 10.0. The predicted molar refractivity (Wildman–Crippen MR) is 108 cm³/mol. The molecule has 10 heteroatoms. The van der Waals surface area contributed by atoms with Gasteiger partial charge in [-0.3, -0.25) is 4.79 Å². The Morgan fingerprint density at radius 1 is 1.43 bits per heavy atom. The number of H-pyrrole nitrogens is 1. The third kappa shape index (κ3) is 3.10. The molecular weight excluding hydrogens is 400 g/mol. The van der Waals surface area contributed by atoms with Gasteiger partial charge in [0.15, 0.2) is 11.9 Å². The molecule has 4 aromatic heterocycles. The van der Waals surface area contributed by atoms with Gasteiger partial charge in [0.05, 0.1) is 17.3 Å². The van der Waals surface area contributed by atoms with Gasteiger partial charge in [0, 0.05) is 18.0 Å². The predicted octanol–water partition coefficient (Wildman–Crippen LogP) is 3.97. The zero-order chi connectivity index (χ0) is 19.8. The highest BCUT2D eigenvalue weighted by Gasteiger charge is 2.24. The summed E-state index contributed by atoms with van der Waals surface area (Å²) in [5.74, 6) is 0.365. The van der Waals surface area contributed by atoms with Crippen LogP contribution in [0.1, 0.15) is 34.9 Å². The topological polar surface area (TPSA) is 110 Å². The number of carbonyl (C=O) groups excluding carboxylic acids is 1. The molecule has 0 aromatic carbocycles. The minimum atomic E-state index is -0.734. The highest BCUT2D eigenvalue weighted by atomic mass is 32.1. The molecule has 4 heterocycles. The van der Waals surface area contributed by atoms with Crippen molar-refractivity contribution in [2.75, 3.05) is 12.4 Å². The van der Waals surface area contributed by atoms with E-state index in [1.165, 1.54) is 22.9 Å². The summed E-state index contributed by atoms with van der Waals surface area (Å²) in [6.45, 7) is 3.41. The van der Waals surface area contributed by atoms with Crippen molar-refractivity contribution in [1.82, 2.24) is 14.3 Å². The standard InChI is InChI=1S/C18H16N4O4S2/c1-8-12(16(19-3)28-22-8)18(24)26-9(2)14-20-15(23)13-10(7-27-17(13)21-14)11-5-4-6-25-11/h4-7,9,19H,1-3H3,(H,20,21,23)/t9-/m0/s1. The summed E-state index contributed by atoms with van der Waals surface area (Å²) in [5, 5.41) is 5.85.